The second kappa shape index (κ2) is 5.26. The lowest BCUT2D eigenvalue weighted by Crippen LogP contribution is -2.16. The first-order chi connectivity index (χ1) is 9.70. The van der Waals surface area contributed by atoms with Crippen molar-refractivity contribution < 1.29 is 0 Å². The highest BCUT2D eigenvalue weighted by atomic mass is 35.5. The van der Waals surface area contributed by atoms with Crippen LogP contribution in [0.15, 0.2) is 39.2 Å². The van der Waals surface area contributed by atoms with Crippen LogP contribution in [-0.2, 0) is 6.54 Å². The summed E-state index contributed by atoms with van der Waals surface area (Å²) in [6, 6.07) is 7.59. The van der Waals surface area contributed by atoms with E-state index >= 15 is 0 Å². The van der Waals surface area contributed by atoms with E-state index in [1.54, 1.807) is 0 Å². The molecular formula is C12H10ClN5OS. The zero-order chi connectivity index (χ0) is 14.1. The molecule has 0 aliphatic carbocycles. The molecule has 6 nitrogen and oxygen atoms in total. The minimum absolute atomic E-state index is 0.235. The average molecular weight is 308 g/mol. The van der Waals surface area contributed by atoms with Crippen LogP contribution >= 0.6 is 23.4 Å². The molecule has 0 spiro atoms. The Balaban J connectivity index is 2.11. The van der Waals surface area contributed by atoms with Gasteiger partial charge in [0.15, 0.2) is 10.3 Å². The Morgan fingerprint density at radius 2 is 2.05 bits per heavy atom. The van der Waals surface area contributed by atoms with Crippen molar-refractivity contribution in [1.29, 1.82) is 0 Å². The average Bonchev–Trinajstić information content (AvgIpc) is 2.82. The van der Waals surface area contributed by atoms with Crippen molar-refractivity contribution in [2.75, 3.05) is 0 Å². The monoisotopic (exact) mass is 307 g/mol. The van der Waals surface area contributed by atoms with Gasteiger partial charge in [0.25, 0.3) is 0 Å². The van der Waals surface area contributed by atoms with E-state index in [9.17, 15) is 4.79 Å². The van der Waals surface area contributed by atoms with Crippen molar-refractivity contribution in [1.82, 2.24) is 25.0 Å². The first kappa shape index (κ1) is 13.1. The normalized spacial score (nSPS) is 11.1. The molecule has 0 bridgehead atoms. The van der Waals surface area contributed by atoms with Gasteiger partial charge < -0.3 is 0 Å². The van der Waals surface area contributed by atoms with E-state index in [-0.39, 0.29) is 5.69 Å². The Morgan fingerprint density at radius 3 is 2.80 bits per heavy atom. The molecule has 0 radical (unpaired) electrons. The fourth-order valence-corrected chi connectivity index (χ4v) is 3.03. The topological polar surface area (TPSA) is 76.5 Å². The third-order valence-corrected chi connectivity index (χ3v) is 4.10. The second-order valence-corrected chi connectivity index (χ2v) is 5.31. The highest BCUT2D eigenvalue weighted by Crippen LogP contribution is 2.31. The van der Waals surface area contributed by atoms with Crippen molar-refractivity contribution in [3.63, 3.8) is 0 Å². The summed E-state index contributed by atoms with van der Waals surface area (Å²) in [7, 11) is 0. The zero-order valence-corrected chi connectivity index (χ0v) is 12.1. The number of nitrogens with one attached hydrogen (secondary N) is 1. The van der Waals surface area contributed by atoms with Crippen LogP contribution in [0, 0.1) is 0 Å². The zero-order valence-electron chi connectivity index (χ0n) is 10.5. The van der Waals surface area contributed by atoms with Gasteiger partial charge in [0.2, 0.25) is 0 Å². The third kappa shape index (κ3) is 2.19. The molecule has 0 saturated heterocycles. The van der Waals surface area contributed by atoms with Gasteiger partial charge in [-0.25, -0.2) is 9.89 Å². The molecule has 1 N–H and O–H groups in total. The number of hydrogen-bond donors (Lipinski definition) is 1. The van der Waals surface area contributed by atoms with Crippen LogP contribution in [0.3, 0.4) is 0 Å². The van der Waals surface area contributed by atoms with Crippen molar-refractivity contribution in [2.45, 2.75) is 23.7 Å². The molecule has 0 atom stereocenters. The summed E-state index contributed by atoms with van der Waals surface area (Å²) < 4.78 is 1.54. The molecule has 1 aromatic carbocycles. The summed E-state index contributed by atoms with van der Waals surface area (Å²) in [6.45, 7) is 2.42. The lowest BCUT2D eigenvalue weighted by Gasteiger charge is -2.05. The summed E-state index contributed by atoms with van der Waals surface area (Å²) in [5, 5.41) is 17.8. The van der Waals surface area contributed by atoms with E-state index in [0.29, 0.717) is 21.9 Å². The second-order valence-electron chi connectivity index (χ2n) is 4.00. The van der Waals surface area contributed by atoms with E-state index in [1.165, 1.54) is 16.3 Å². The van der Waals surface area contributed by atoms with Crippen LogP contribution in [0.4, 0.5) is 0 Å². The molecule has 3 aromatic rings. The first-order valence-corrected chi connectivity index (χ1v) is 7.14. The number of aromatic nitrogens is 5. The van der Waals surface area contributed by atoms with E-state index < -0.39 is 0 Å². The highest BCUT2D eigenvalue weighted by molar-refractivity contribution is 7.99. The maximum absolute atomic E-state index is 11.6. The molecule has 2 aromatic heterocycles. The van der Waals surface area contributed by atoms with E-state index in [1.807, 2.05) is 31.2 Å². The number of fused-ring (bicyclic) bond motifs is 1. The van der Waals surface area contributed by atoms with Crippen molar-refractivity contribution >= 4 is 34.1 Å². The van der Waals surface area contributed by atoms with Crippen LogP contribution in [0.25, 0.3) is 10.8 Å². The van der Waals surface area contributed by atoms with Crippen LogP contribution in [0.5, 0.6) is 0 Å². The first-order valence-electron chi connectivity index (χ1n) is 5.94. The van der Waals surface area contributed by atoms with E-state index in [4.69, 9.17) is 11.6 Å². The summed E-state index contributed by atoms with van der Waals surface area (Å²) >= 11 is 7.32. The number of rotatable bonds is 3. The summed E-state index contributed by atoms with van der Waals surface area (Å²) in [4.78, 5) is 11.6. The summed E-state index contributed by atoms with van der Waals surface area (Å²) in [5.41, 5.74) is -0.235. The Labute approximate surface area is 123 Å². The standard InChI is InChI=1S/C12H10ClN5OS/c1-2-18-11(19)16-17-12(18)20-10-8-6-4-3-5-7(8)9(13)14-15-10/h3-6H,2H2,1H3,(H,16,19). The number of hydrogen-bond acceptors (Lipinski definition) is 5. The smallest absolute Gasteiger partial charge is 0.270 e. The van der Waals surface area contributed by atoms with Crippen molar-refractivity contribution in [3.05, 3.63) is 39.9 Å². The summed E-state index contributed by atoms with van der Waals surface area (Å²) in [6.07, 6.45) is 0. The predicted molar refractivity (Wildman–Crippen MR) is 77.2 cm³/mol. The number of nitrogens with zero attached hydrogens (tertiary/aromatic N) is 4. The van der Waals surface area contributed by atoms with Gasteiger partial charge >= 0.3 is 5.69 Å². The minimum atomic E-state index is -0.235. The van der Waals surface area contributed by atoms with Crippen molar-refractivity contribution in [3.8, 4) is 0 Å². The van der Waals surface area contributed by atoms with Gasteiger partial charge in [0.05, 0.1) is 0 Å². The number of H-pyrrole nitrogens is 1. The SMILES string of the molecule is CCn1c(Sc2nnc(Cl)c3ccccc23)n[nH]c1=O. The number of halogens is 1. The largest absolute Gasteiger partial charge is 0.343 e. The lowest BCUT2D eigenvalue weighted by atomic mass is 10.2. The van der Waals surface area contributed by atoms with Crippen molar-refractivity contribution in [2.24, 2.45) is 0 Å². The maximum atomic E-state index is 11.6. The number of benzene rings is 1. The molecule has 20 heavy (non-hydrogen) atoms. The molecule has 2 heterocycles. The maximum Gasteiger partial charge on any atom is 0.343 e. The molecule has 0 fully saturated rings. The Bertz CT molecular complexity index is 828. The van der Waals surface area contributed by atoms with Gasteiger partial charge in [-0.2, -0.15) is 0 Å². The molecule has 0 unspecified atom stereocenters. The molecule has 0 aliphatic rings. The molecule has 0 amide bonds. The van der Waals surface area contributed by atoms with E-state index in [2.05, 4.69) is 20.4 Å². The van der Waals surface area contributed by atoms with Crippen LogP contribution in [0.1, 0.15) is 6.92 Å². The fraction of sp³-hybridized carbons (Fsp3) is 0.167. The van der Waals surface area contributed by atoms with Gasteiger partial charge in [-0.15, -0.1) is 15.3 Å². The Morgan fingerprint density at radius 1 is 1.30 bits per heavy atom. The molecule has 3 rings (SSSR count). The van der Waals surface area contributed by atoms with Crippen LogP contribution in [0.2, 0.25) is 5.15 Å². The number of aromatic amines is 1. The molecule has 102 valence electrons. The van der Waals surface area contributed by atoms with Gasteiger partial charge in [0, 0.05) is 17.3 Å². The Hall–Kier alpha value is -1.86. The van der Waals surface area contributed by atoms with Crippen LogP contribution < -0.4 is 5.69 Å². The fourth-order valence-electron chi connectivity index (χ4n) is 1.87. The molecule has 0 saturated carbocycles. The molecule has 0 aliphatic heterocycles. The van der Waals surface area contributed by atoms with Gasteiger partial charge in [-0.3, -0.25) is 4.57 Å². The molecule has 8 heteroatoms. The predicted octanol–water partition coefficient (Wildman–Crippen LogP) is 2.34. The third-order valence-electron chi connectivity index (χ3n) is 2.84. The van der Waals surface area contributed by atoms with Crippen LogP contribution in [-0.4, -0.2) is 25.0 Å². The quantitative estimate of drug-likeness (QED) is 0.803. The Kier molecular flexibility index (Phi) is 3.45. The van der Waals surface area contributed by atoms with Gasteiger partial charge in [0.1, 0.15) is 5.03 Å². The van der Waals surface area contributed by atoms with Gasteiger partial charge in [-0.1, -0.05) is 35.9 Å². The lowest BCUT2D eigenvalue weighted by molar-refractivity contribution is 0.660. The minimum Gasteiger partial charge on any atom is -0.270 e. The van der Waals surface area contributed by atoms with E-state index in [0.717, 1.165) is 10.8 Å². The van der Waals surface area contributed by atoms with Gasteiger partial charge in [-0.05, 0) is 18.7 Å². The molecular weight excluding hydrogens is 298 g/mol. The highest BCUT2D eigenvalue weighted by Gasteiger charge is 2.13. The summed E-state index contributed by atoms with van der Waals surface area (Å²) in [5.74, 6) is 0.